The number of hydrogen-bond acceptors (Lipinski definition) is 6. The van der Waals surface area contributed by atoms with Gasteiger partial charge < -0.3 is 5.11 Å². The lowest BCUT2D eigenvalue weighted by atomic mass is 10.0. The van der Waals surface area contributed by atoms with Gasteiger partial charge in [-0.2, -0.15) is 5.10 Å². The SMILES string of the molecule is Cc1nn(-c2cccc([N+](=O)[O-])c2)c2ncc(C(=O)c3ccccc3O)cc12. The highest BCUT2D eigenvalue weighted by Gasteiger charge is 2.18. The first-order chi connectivity index (χ1) is 13.5. The van der Waals surface area contributed by atoms with E-state index in [1.807, 2.05) is 0 Å². The van der Waals surface area contributed by atoms with Gasteiger partial charge in [-0.3, -0.25) is 14.9 Å². The highest BCUT2D eigenvalue weighted by molar-refractivity contribution is 6.11. The molecule has 2 heterocycles. The average molecular weight is 374 g/mol. The summed E-state index contributed by atoms with van der Waals surface area (Å²) in [6.45, 7) is 1.77. The van der Waals surface area contributed by atoms with Gasteiger partial charge in [0.1, 0.15) is 5.75 Å². The minimum atomic E-state index is -0.474. The number of nitro benzene ring substituents is 1. The fraction of sp³-hybridized carbons (Fsp3) is 0.0500. The largest absolute Gasteiger partial charge is 0.507 e. The Morgan fingerprint density at radius 3 is 2.68 bits per heavy atom. The van der Waals surface area contributed by atoms with E-state index in [2.05, 4.69) is 10.1 Å². The normalized spacial score (nSPS) is 10.9. The van der Waals surface area contributed by atoms with Gasteiger partial charge in [0.05, 0.1) is 21.9 Å². The van der Waals surface area contributed by atoms with E-state index in [1.54, 1.807) is 43.3 Å². The zero-order valence-electron chi connectivity index (χ0n) is 14.7. The summed E-state index contributed by atoms with van der Waals surface area (Å²) in [6.07, 6.45) is 1.41. The third-order valence-corrected chi connectivity index (χ3v) is 4.40. The van der Waals surface area contributed by atoms with Gasteiger partial charge >= 0.3 is 0 Å². The maximum atomic E-state index is 12.7. The van der Waals surface area contributed by atoms with Crippen LogP contribution < -0.4 is 0 Å². The Hall–Kier alpha value is -4.07. The second-order valence-electron chi connectivity index (χ2n) is 6.22. The van der Waals surface area contributed by atoms with Crippen molar-refractivity contribution in [3.8, 4) is 11.4 Å². The van der Waals surface area contributed by atoms with Crippen molar-refractivity contribution in [2.24, 2.45) is 0 Å². The number of nitro groups is 1. The number of ketones is 1. The zero-order chi connectivity index (χ0) is 19.8. The van der Waals surface area contributed by atoms with Crippen LogP contribution in [0.2, 0.25) is 0 Å². The van der Waals surface area contributed by atoms with Crippen LogP contribution in [-0.4, -0.2) is 30.6 Å². The first-order valence-electron chi connectivity index (χ1n) is 8.38. The molecule has 4 aromatic rings. The predicted molar refractivity (Wildman–Crippen MR) is 102 cm³/mol. The molecule has 0 fully saturated rings. The summed E-state index contributed by atoms with van der Waals surface area (Å²) in [5.74, 6) is -0.452. The van der Waals surface area contributed by atoms with E-state index in [0.29, 0.717) is 28.0 Å². The van der Waals surface area contributed by atoms with Gasteiger partial charge in [-0.1, -0.05) is 18.2 Å². The molecule has 0 aliphatic carbocycles. The number of aromatic nitrogens is 3. The summed E-state index contributed by atoms with van der Waals surface area (Å²) >= 11 is 0. The molecule has 2 aromatic carbocycles. The van der Waals surface area contributed by atoms with Crippen LogP contribution in [0.4, 0.5) is 5.69 Å². The molecule has 0 amide bonds. The second kappa shape index (κ2) is 6.58. The summed E-state index contributed by atoms with van der Waals surface area (Å²) in [6, 6.07) is 14.0. The van der Waals surface area contributed by atoms with Crippen molar-refractivity contribution in [2.75, 3.05) is 0 Å². The lowest BCUT2D eigenvalue weighted by Crippen LogP contribution is -2.03. The van der Waals surface area contributed by atoms with E-state index >= 15 is 0 Å². The number of phenols is 1. The third-order valence-electron chi connectivity index (χ3n) is 4.40. The Labute approximate surface area is 158 Å². The monoisotopic (exact) mass is 374 g/mol. The molecule has 4 rings (SSSR count). The predicted octanol–water partition coefficient (Wildman–Crippen LogP) is 3.57. The number of fused-ring (bicyclic) bond motifs is 1. The number of nitrogens with zero attached hydrogens (tertiary/aromatic N) is 4. The molecule has 0 radical (unpaired) electrons. The van der Waals surface area contributed by atoms with Gasteiger partial charge in [0, 0.05) is 29.3 Å². The Morgan fingerprint density at radius 1 is 1.14 bits per heavy atom. The lowest BCUT2D eigenvalue weighted by Gasteiger charge is -2.05. The number of para-hydroxylation sites is 1. The van der Waals surface area contributed by atoms with E-state index in [4.69, 9.17) is 0 Å². The molecule has 0 saturated carbocycles. The number of hydrogen-bond donors (Lipinski definition) is 1. The molecule has 0 atom stereocenters. The molecule has 0 saturated heterocycles. The first-order valence-corrected chi connectivity index (χ1v) is 8.38. The van der Waals surface area contributed by atoms with Crippen LogP contribution >= 0.6 is 0 Å². The van der Waals surface area contributed by atoms with Gasteiger partial charge in [0.2, 0.25) is 0 Å². The number of phenolic OH excluding ortho intramolecular Hbond substituents is 1. The molecule has 0 aliphatic rings. The molecule has 138 valence electrons. The lowest BCUT2D eigenvalue weighted by molar-refractivity contribution is -0.384. The fourth-order valence-corrected chi connectivity index (χ4v) is 3.01. The molecule has 0 aliphatic heterocycles. The standard InChI is InChI=1S/C20H14N4O4/c1-12-17-9-13(19(26)16-7-2-3-8-18(16)25)11-21-20(17)23(22-12)14-5-4-6-15(10-14)24(27)28/h2-11,25H,1H3. The van der Waals surface area contributed by atoms with E-state index in [-0.39, 0.29) is 22.8 Å². The van der Waals surface area contributed by atoms with Gasteiger partial charge in [0.15, 0.2) is 11.4 Å². The van der Waals surface area contributed by atoms with Crippen LogP contribution in [0.25, 0.3) is 16.7 Å². The molecule has 1 N–H and O–H groups in total. The molecule has 0 bridgehead atoms. The Kier molecular flexibility index (Phi) is 4.08. The van der Waals surface area contributed by atoms with E-state index in [0.717, 1.165) is 0 Å². The molecular weight excluding hydrogens is 360 g/mol. The number of carbonyl (C=O) groups is 1. The number of aromatic hydroxyl groups is 1. The number of aryl methyl sites for hydroxylation is 1. The number of benzene rings is 2. The summed E-state index contributed by atoms with van der Waals surface area (Å²) in [7, 11) is 0. The molecular formula is C20H14N4O4. The topological polar surface area (TPSA) is 111 Å². The van der Waals surface area contributed by atoms with E-state index in [1.165, 1.54) is 29.1 Å². The van der Waals surface area contributed by atoms with Crippen LogP contribution in [0, 0.1) is 17.0 Å². The number of carbonyl (C=O) groups excluding carboxylic acids is 1. The van der Waals surface area contributed by atoms with Crippen molar-refractivity contribution in [2.45, 2.75) is 6.92 Å². The van der Waals surface area contributed by atoms with Crippen molar-refractivity contribution >= 4 is 22.5 Å². The second-order valence-corrected chi connectivity index (χ2v) is 6.22. The smallest absolute Gasteiger partial charge is 0.271 e. The molecule has 0 spiro atoms. The molecule has 2 aromatic heterocycles. The van der Waals surface area contributed by atoms with Crippen LogP contribution in [0.3, 0.4) is 0 Å². The van der Waals surface area contributed by atoms with Crippen molar-refractivity contribution in [3.63, 3.8) is 0 Å². The molecule has 8 heteroatoms. The summed E-state index contributed by atoms with van der Waals surface area (Å²) in [5.41, 5.74) is 2.06. The number of non-ortho nitro benzene ring substituents is 1. The maximum absolute atomic E-state index is 12.7. The van der Waals surface area contributed by atoms with Crippen LogP contribution in [-0.2, 0) is 0 Å². The van der Waals surface area contributed by atoms with Crippen LogP contribution in [0.15, 0.2) is 60.8 Å². The molecule has 0 unspecified atom stereocenters. The quantitative estimate of drug-likeness (QED) is 0.332. The summed E-state index contributed by atoms with van der Waals surface area (Å²) in [5, 5.41) is 26.0. The Morgan fingerprint density at radius 2 is 1.93 bits per heavy atom. The van der Waals surface area contributed by atoms with Crippen LogP contribution in [0.1, 0.15) is 21.6 Å². The fourth-order valence-electron chi connectivity index (χ4n) is 3.01. The van der Waals surface area contributed by atoms with Crippen molar-refractivity contribution in [3.05, 3.63) is 87.7 Å². The van der Waals surface area contributed by atoms with Crippen molar-refractivity contribution < 1.29 is 14.8 Å². The van der Waals surface area contributed by atoms with Gasteiger partial charge in [-0.15, -0.1) is 0 Å². The van der Waals surface area contributed by atoms with Crippen molar-refractivity contribution in [1.82, 2.24) is 14.8 Å². The minimum Gasteiger partial charge on any atom is -0.507 e. The van der Waals surface area contributed by atoms with Crippen LogP contribution in [0.5, 0.6) is 5.75 Å². The number of pyridine rings is 1. The zero-order valence-corrected chi connectivity index (χ0v) is 14.7. The van der Waals surface area contributed by atoms with E-state index in [9.17, 15) is 20.0 Å². The van der Waals surface area contributed by atoms with Gasteiger partial charge in [-0.05, 0) is 31.2 Å². The highest BCUT2D eigenvalue weighted by atomic mass is 16.6. The highest BCUT2D eigenvalue weighted by Crippen LogP contribution is 2.25. The molecule has 28 heavy (non-hydrogen) atoms. The average Bonchev–Trinajstić information content (AvgIpc) is 3.04. The first kappa shape index (κ1) is 17.3. The maximum Gasteiger partial charge on any atom is 0.271 e. The minimum absolute atomic E-state index is 0.0508. The van der Waals surface area contributed by atoms with Gasteiger partial charge in [0.25, 0.3) is 5.69 Å². The Bertz CT molecular complexity index is 1250. The Balaban J connectivity index is 1.82. The summed E-state index contributed by atoms with van der Waals surface area (Å²) < 4.78 is 1.51. The molecule has 8 nitrogen and oxygen atoms in total. The summed E-state index contributed by atoms with van der Waals surface area (Å²) in [4.78, 5) is 27.6. The third kappa shape index (κ3) is 2.86. The number of rotatable bonds is 4. The van der Waals surface area contributed by atoms with E-state index < -0.39 is 4.92 Å². The van der Waals surface area contributed by atoms with Crippen molar-refractivity contribution in [1.29, 1.82) is 0 Å². The van der Waals surface area contributed by atoms with Gasteiger partial charge in [-0.25, -0.2) is 9.67 Å².